The Morgan fingerprint density at radius 2 is 2.08 bits per heavy atom. The van der Waals surface area contributed by atoms with Crippen LogP contribution in [-0.2, 0) is 9.59 Å². The van der Waals surface area contributed by atoms with Crippen LogP contribution in [0.2, 0.25) is 5.02 Å². The van der Waals surface area contributed by atoms with Gasteiger partial charge in [-0.1, -0.05) is 36.6 Å². The summed E-state index contributed by atoms with van der Waals surface area (Å²) in [7, 11) is 0. The van der Waals surface area contributed by atoms with Gasteiger partial charge in [0, 0.05) is 23.4 Å². The summed E-state index contributed by atoms with van der Waals surface area (Å²) in [5.74, 6) is -0.474. The van der Waals surface area contributed by atoms with Crippen LogP contribution >= 0.6 is 11.6 Å². The fraction of sp³-hybridized carbons (Fsp3) is 0.556. The zero-order chi connectivity index (χ0) is 25.0. The van der Waals surface area contributed by atoms with Crippen molar-refractivity contribution in [3.05, 3.63) is 35.0 Å². The first kappa shape index (κ1) is 23.4. The Morgan fingerprint density at radius 1 is 1.28 bits per heavy atom. The van der Waals surface area contributed by atoms with E-state index >= 15 is 0 Å². The molecule has 2 aromatic rings. The molecule has 1 unspecified atom stereocenters. The van der Waals surface area contributed by atoms with Gasteiger partial charge in [-0.3, -0.25) is 14.4 Å². The Hall–Kier alpha value is -3.05. The molecule has 1 aromatic carbocycles. The van der Waals surface area contributed by atoms with Gasteiger partial charge < -0.3 is 20.5 Å². The minimum atomic E-state index is -0.770. The molecule has 3 heterocycles. The minimum absolute atomic E-state index is 0.0236. The number of fused-ring (bicyclic) bond motifs is 2. The molecule has 4 fully saturated rings. The van der Waals surface area contributed by atoms with E-state index in [0.717, 1.165) is 50.3 Å². The number of nitrogens with one attached hydrogen (secondary N) is 3. The molecule has 5 atom stereocenters. The lowest BCUT2D eigenvalue weighted by atomic mass is 9.78. The monoisotopic (exact) mass is 507 g/mol. The van der Waals surface area contributed by atoms with E-state index in [1.165, 1.54) is 0 Å². The van der Waals surface area contributed by atoms with Crippen molar-refractivity contribution in [2.24, 2.45) is 17.8 Å². The molecule has 0 bridgehead atoms. The zero-order valence-electron chi connectivity index (χ0n) is 20.1. The number of aromatic amines is 1. The first-order valence-corrected chi connectivity index (χ1v) is 13.4. The van der Waals surface area contributed by atoms with Crippen molar-refractivity contribution < 1.29 is 14.4 Å². The summed E-state index contributed by atoms with van der Waals surface area (Å²) < 4.78 is 0. The van der Waals surface area contributed by atoms with Crippen LogP contribution < -0.4 is 10.6 Å². The predicted molar refractivity (Wildman–Crippen MR) is 134 cm³/mol. The minimum Gasteiger partial charge on any atom is -0.350 e. The maximum atomic E-state index is 13.7. The molecule has 9 heteroatoms. The highest BCUT2D eigenvalue weighted by Crippen LogP contribution is 2.46. The van der Waals surface area contributed by atoms with E-state index in [4.69, 9.17) is 11.6 Å². The lowest BCUT2D eigenvalue weighted by molar-refractivity contribution is -0.127. The van der Waals surface area contributed by atoms with E-state index in [1.807, 2.05) is 12.1 Å². The van der Waals surface area contributed by atoms with Gasteiger partial charge >= 0.3 is 0 Å². The molecule has 2 saturated carbocycles. The number of halogens is 1. The number of carbonyl (C=O) groups is 3. The molecule has 1 spiro atoms. The standard InChI is InChI=1S/C27H30ClN5O3/c28-20-7-3-5-15-11-21(31-22(15)20)26(36)33-14-16-4-1-2-6-19(16)23(33)25(35)30-18(13-29)10-17-12-27(8-9-27)32-24(17)34/h3,5,7,11,16-19,23,31H,1-2,4,6,8-10,12,14H2,(H,30,35)(H,32,34)/t16-,17+,18-,19?,23-/m0/s1. The zero-order valence-corrected chi connectivity index (χ0v) is 20.8. The molecular formula is C27H30ClN5O3. The smallest absolute Gasteiger partial charge is 0.271 e. The number of rotatable bonds is 5. The van der Waals surface area contributed by atoms with Crippen LogP contribution in [0.4, 0.5) is 0 Å². The van der Waals surface area contributed by atoms with Gasteiger partial charge in [-0.15, -0.1) is 0 Å². The average molecular weight is 508 g/mol. The van der Waals surface area contributed by atoms with Crippen LogP contribution in [0.3, 0.4) is 0 Å². The second-order valence-electron chi connectivity index (χ2n) is 11.1. The van der Waals surface area contributed by atoms with E-state index in [2.05, 4.69) is 21.7 Å². The van der Waals surface area contributed by atoms with Crippen LogP contribution in [0.15, 0.2) is 24.3 Å². The molecule has 4 aliphatic rings. The molecule has 188 valence electrons. The quantitative estimate of drug-likeness (QED) is 0.573. The summed E-state index contributed by atoms with van der Waals surface area (Å²) in [5, 5.41) is 17.2. The van der Waals surface area contributed by atoms with Crippen molar-refractivity contribution in [1.29, 1.82) is 5.26 Å². The van der Waals surface area contributed by atoms with Crippen molar-refractivity contribution in [1.82, 2.24) is 20.5 Å². The maximum Gasteiger partial charge on any atom is 0.271 e. The van der Waals surface area contributed by atoms with Gasteiger partial charge in [-0.05, 0) is 62.5 Å². The number of amides is 3. The molecule has 1 aromatic heterocycles. The Kier molecular flexibility index (Phi) is 5.71. The predicted octanol–water partition coefficient (Wildman–Crippen LogP) is 3.52. The molecule has 2 aliphatic heterocycles. The number of nitrogens with zero attached hydrogens (tertiary/aromatic N) is 2. The van der Waals surface area contributed by atoms with E-state index in [9.17, 15) is 19.6 Å². The number of H-pyrrole nitrogens is 1. The molecule has 0 radical (unpaired) electrons. The molecule has 3 N–H and O–H groups in total. The van der Waals surface area contributed by atoms with Gasteiger partial charge in [0.05, 0.1) is 16.6 Å². The van der Waals surface area contributed by atoms with E-state index < -0.39 is 12.1 Å². The van der Waals surface area contributed by atoms with Gasteiger partial charge in [0.2, 0.25) is 11.8 Å². The number of nitriles is 1. The van der Waals surface area contributed by atoms with Gasteiger partial charge in [0.1, 0.15) is 17.8 Å². The molecule has 2 saturated heterocycles. The van der Waals surface area contributed by atoms with Crippen LogP contribution in [-0.4, -0.2) is 51.8 Å². The summed E-state index contributed by atoms with van der Waals surface area (Å²) in [4.78, 5) is 44.6. The number of hydrogen-bond acceptors (Lipinski definition) is 4. The third-order valence-corrected chi connectivity index (χ3v) is 9.06. The molecule has 3 amide bonds. The van der Waals surface area contributed by atoms with Crippen LogP contribution in [0.25, 0.3) is 10.9 Å². The van der Waals surface area contributed by atoms with Crippen molar-refractivity contribution in [2.45, 2.75) is 69.0 Å². The second kappa shape index (κ2) is 8.81. The molecule has 8 nitrogen and oxygen atoms in total. The summed E-state index contributed by atoms with van der Waals surface area (Å²) in [5.41, 5.74) is 1.04. The third kappa shape index (κ3) is 4.03. The Labute approximate surface area is 214 Å². The van der Waals surface area contributed by atoms with Gasteiger partial charge in [-0.25, -0.2) is 0 Å². The highest BCUT2D eigenvalue weighted by Gasteiger charge is 2.53. The van der Waals surface area contributed by atoms with Gasteiger partial charge in [0.25, 0.3) is 5.91 Å². The number of para-hydroxylation sites is 1. The summed E-state index contributed by atoms with van der Waals surface area (Å²) in [6.07, 6.45) is 6.99. The van der Waals surface area contributed by atoms with Crippen molar-refractivity contribution in [3.8, 4) is 6.07 Å². The lowest BCUT2D eigenvalue weighted by Crippen LogP contribution is -2.51. The van der Waals surface area contributed by atoms with Gasteiger partial charge in [-0.2, -0.15) is 5.26 Å². The second-order valence-corrected chi connectivity index (χ2v) is 11.5. The Bertz CT molecular complexity index is 1280. The molecular weight excluding hydrogens is 478 g/mol. The van der Waals surface area contributed by atoms with E-state index in [0.29, 0.717) is 29.2 Å². The summed E-state index contributed by atoms with van der Waals surface area (Å²) in [6.45, 7) is 0.523. The normalized spacial score (nSPS) is 29.0. The number of hydrogen-bond donors (Lipinski definition) is 3. The highest BCUT2D eigenvalue weighted by atomic mass is 35.5. The number of carbonyl (C=O) groups excluding carboxylic acids is 3. The van der Waals surface area contributed by atoms with Crippen LogP contribution in [0.5, 0.6) is 0 Å². The molecule has 6 rings (SSSR count). The topological polar surface area (TPSA) is 118 Å². The number of benzene rings is 1. The number of likely N-dealkylation sites (tertiary alicyclic amines) is 1. The van der Waals surface area contributed by atoms with Crippen molar-refractivity contribution in [3.63, 3.8) is 0 Å². The maximum absolute atomic E-state index is 13.7. The lowest BCUT2D eigenvalue weighted by Gasteiger charge is -2.30. The Balaban J connectivity index is 1.22. The third-order valence-electron chi connectivity index (χ3n) is 8.75. The Morgan fingerprint density at radius 3 is 2.81 bits per heavy atom. The van der Waals surface area contributed by atoms with E-state index in [-0.39, 0.29) is 41.0 Å². The van der Waals surface area contributed by atoms with E-state index in [1.54, 1.807) is 17.0 Å². The largest absolute Gasteiger partial charge is 0.350 e. The summed E-state index contributed by atoms with van der Waals surface area (Å²) in [6, 6.07) is 8.07. The van der Waals surface area contributed by atoms with Crippen molar-refractivity contribution in [2.75, 3.05) is 6.54 Å². The fourth-order valence-electron chi connectivity index (χ4n) is 6.75. The van der Waals surface area contributed by atoms with Crippen LogP contribution in [0, 0.1) is 29.1 Å². The molecule has 2 aliphatic carbocycles. The summed E-state index contributed by atoms with van der Waals surface area (Å²) >= 11 is 6.31. The van der Waals surface area contributed by atoms with Crippen molar-refractivity contribution >= 4 is 40.2 Å². The van der Waals surface area contributed by atoms with Gasteiger partial charge in [0.15, 0.2) is 0 Å². The number of aromatic nitrogens is 1. The SMILES string of the molecule is N#C[C@H](C[C@@H]1CC2(CC2)NC1=O)NC(=O)[C@@H]1C2CCCC[C@H]2CN1C(=O)c1cc2cccc(Cl)c2[nH]1. The molecule has 36 heavy (non-hydrogen) atoms. The first-order chi connectivity index (χ1) is 17.4. The van der Waals surface area contributed by atoms with Crippen LogP contribution in [0.1, 0.15) is 61.9 Å². The average Bonchev–Trinajstić information content (AvgIpc) is 3.21. The highest BCUT2D eigenvalue weighted by molar-refractivity contribution is 6.35. The first-order valence-electron chi connectivity index (χ1n) is 13.0. The fourth-order valence-corrected chi connectivity index (χ4v) is 6.97.